The molecule has 0 N–H and O–H groups in total. The minimum atomic E-state index is -0.688. The van der Waals surface area contributed by atoms with E-state index in [9.17, 15) is 4.79 Å². The lowest BCUT2D eigenvalue weighted by atomic mass is 10.1. The fourth-order valence-corrected chi connectivity index (χ4v) is 2.17. The fraction of sp³-hybridized carbons (Fsp3) is 0.214. The van der Waals surface area contributed by atoms with Crippen LogP contribution in [-0.2, 0) is 14.4 Å². The summed E-state index contributed by atoms with van der Waals surface area (Å²) in [5, 5.41) is 8.98. The highest BCUT2D eigenvalue weighted by molar-refractivity contribution is 6.37. The third kappa shape index (κ3) is 3.08. The molecular formula is C14H13Cl2N3O3. The maximum absolute atomic E-state index is 11.8. The van der Waals surface area contributed by atoms with Crippen LogP contribution in [0.4, 0.5) is 0 Å². The molecular weight excluding hydrogens is 329 g/mol. The van der Waals surface area contributed by atoms with Gasteiger partial charge in [0.2, 0.25) is 0 Å². The number of halogens is 2. The Morgan fingerprint density at radius 1 is 1.23 bits per heavy atom. The maximum atomic E-state index is 11.8. The number of benzene rings is 1. The molecule has 2 aromatic rings. The van der Waals surface area contributed by atoms with Gasteiger partial charge < -0.3 is 9.57 Å². The molecule has 0 aliphatic carbocycles. The van der Waals surface area contributed by atoms with E-state index in [1.165, 1.54) is 18.9 Å². The van der Waals surface area contributed by atoms with Crippen molar-refractivity contribution >= 4 is 35.0 Å². The van der Waals surface area contributed by atoms with Gasteiger partial charge in [0.1, 0.15) is 12.8 Å². The molecule has 0 fully saturated rings. The zero-order valence-corrected chi connectivity index (χ0v) is 13.6. The average molecular weight is 342 g/mol. The van der Waals surface area contributed by atoms with E-state index in [-0.39, 0.29) is 5.84 Å². The molecule has 0 amide bonds. The van der Waals surface area contributed by atoms with Gasteiger partial charge in [-0.05, 0) is 19.1 Å². The minimum absolute atomic E-state index is 0.121. The summed E-state index contributed by atoms with van der Waals surface area (Å²) in [6, 6.07) is 7.02. The second-order valence-corrected chi connectivity index (χ2v) is 5.07. The van der Waals surface area contributed by atoms with Gasteiger partial charge >= 0.3 is 5.97 Å². The first kappa shape index (κ1) is 16.3. The Labute approximate surface area is 137 Å². The van der Waals surface area contributed by atoms with E-state index in [1.54, 1.807) is 31.2 Å². The molecule has 0 aliphatic rings. The molecule has 1 aromatic heterocycles. The highest BCUT2D eigenvalue weighted by Gasteiger charge is 2.23. The van der Waals surface area contributed by atoms with E-state index in [0.29, 0.717) is 21.4 Å². The summed E-state index contributed by atoms with van der Waals surface area (Å²) in [5.41, 5.74) is 1.80. The molecule has 0 spiro atoms. The van der Waals surface area contributed by atoms with Crippen molar-refractivity contribution in [3.05, 3.63) is 40.0 Å². The second-order valence-electron chi connectivity index (χ2n) is 4.26. The van der Waals surface area contributed by atoms with Crippen LogP contribution in [0.3, 0.4) is 0 Å². The molecule has 0 radical (unpaired) electrons. The Morgan fingerprint density at radius 2 is 1.86 bits per heavy atom. The zero-order chi connectivity index (χ0) is 16.3. The Morgan fingerprint density at radius 3 is 2.41 bits per heavy atom. The Hall–Kier alpha value is -2.05. The Kier molecular flexibility index (Phi) is 5.05. The first-order valence-electron chi connectivity index (χ1n) is 6.20. The van der Waals surface area contributed by atoms with Gasteiger partial charge in [-0.25, -0.2) is 9.48 Å². The predicted octanol–water partition coefficient (Wildman–Crippen LogP) is 3.15. The fourth-order valence-electron chi connectivity index (χ4n) is 1.82. The third-order valence-electron chi connectivity index (χ3n) is 2.91. The molecule has 22 heavy (non-hydrogen) atoms. The van der Waals surface area contributed by atoms with E-state index in [4.69, 9.17) is 23.2 Å². The number of ether oxygens (including phenoxy) is 1. The number of carbonyl (C=O) groups excluding carboxylic acids is 1. The van der Waals surface area contributed by atoms with Crippen molar-refractivity contribution in [3.63, 3.8) is 0 Å². The number of aromatic nitrogens is 2. The van der Waals surface area contributed by atoms with Crippen LogP contribution in [0, 0.1) is 6.92 Å². The summed E-state index contributed by atoms with van der Waals surface area (Å²) in [6.07, 6.45) is 0. The summed E-state index contributed by atoms with van der Waals surface area (Å²) in [5.74, 6) is -0.809. The SMILES string of the molecule is CO/N=C(\C(=O)OC)n1nc(-c2ccc(Cl)cc2)c(Cl)c1C. The smallest absolute Gasteiger partial charge is 0.379 e. The highest BCUT2D eigenvalue weighted by atomic mass is 35.5. The molecule has 0 aliphatic heterocycles. The predicted molar refractivity (Wildman–Crippen MR) is 84.3 cm³/mol. The van der Waals surface area contributed by atoms with Gasteiger partial charge in [-0.2, -0.15) is 5.10 Å². The van der Waals surface area contributed by atoms with Crippen LogP contribution in [-0.4, -0.2) is 35.8 Å². The average Bonchev–Trinajstić information content (AvgIpc) is 2.81. The lowest BCUT2D eigenvalue weighted by Crippen LogP contribution is -2.26. The van der Waals surface area contributed by atoms with E-state index in [1.807, 2.05) is 0 Å². The van der Waals surface area contributed by atoms with Gasteiger partial charge in [-0.15, -0.1) is 0 Å². The first-order chi connectivity index (χ1) is 10.5. The van der Waals surface area contributed by atoms with E-state index < -0.39 is 5.97 Å². The molecule has 1 aromatic carbocycles. The first-order valence-corrected chi connectivity index (χ1v) is 6.96. The van der Waals surface area contributed by atoms with Crippen LogP contribution in [0.5, 0.6) is 0 Å². The lowest BCUT2D eigenvalue weighted by molar-refractivity contribution is -0.133. The summed E-state index contributed by atoms with van der Waals surface area (Å²) in [7, 11) is 2.57. The molecule has 2 rings (SSSR count). The van der Waals surface area contributed by atoms with Gasteiger partial charge in [0, 0.05) is 10.6 Å². The number of carbonyl (C=O) groups is 1. The van der Waals surface area contributed by atoms with Gasteiger partial charge in [-0.1, -0.05) is 40.5 Å². The van der Waals surface area contributed by atoms with Crippen molar-refractivity contribution in [1.29, 1.82) is 0 Å². The van der Waals surface area contributed by atoms with Crippen LogP contribution >= 0.6 is 23.2 Å². The number of hydrogen-bond acceptors (Lipinski definition) is 5. The van der Waals surface area contributed by atoms with Crippen molar-refractivity contribution in [2.24, 2.45) is 5.16 Å². The summed E-state index contributed by atoms with van der Waals surface area (Å²) in [4.78, 5) is 16.5. The molecule has 6 nitrogen and oxygen atoms in total. The van der Waals surface area contributed by atoms with Crippen molar-refractivity contribution in [2.45, 2.75) is 6.92 Å². The largest absolute Gasteiger partial charge is 0.463 e. The molecule has 0 unspecified atom stereocenters. The zero-order valence-electron chi connectivity index (χ0n) is 12.1. The topological polar surface area (TPSA) is 65.7 Å². The monoisotopic (exact) mass is 341 g/mol. The minimum Gasteiger partial charge on any atom is -0.463 e. The van der Waals surface area contributed by atoms with E-state index >= 15 is 0 Å². The van der Waals surface area contributed by atoms with Crippen LogP contribution in [0.2, 0.25) is 10.0 Å². The quantitative estimate of drug-likeness (QED) is 0.364. The third-order valence-corrected chi connectivity index (χ3v) is 3.61. The number of rotatable bonds is 2. The van der Waals surface area contributed by atoms with Crippen LogP contribution in [0.25, 0.3) is 11.3 Å². The van der Waals surface area contributed by atoms with Gasteiger partial charge in [0.15, 0.2) is 0 Å². The maximum Gasteiger partial charge on any atom is 0.379 e. The molecule has 116 valence electrons. The van der Waals surface area contributed by atoms with E-state index in [0.717, 1.165) is 5.56 Å². The van der Waals surface area contributed by atoms with Gasteiger partial charge in [-0.3, -0.25) is 0 Å². The summed E-state index contributed by atoms with van der Waals surface area (Å²) < 4.78 is 5.95. The lowest BCUT2D eigenvalue weighted by Gasteiger charge is -2.05. The van der Waals surface area contributed by atoms with Crippen molar-refractivity contribution in [2.75, 3.05) is 14.2 Å². The number of esters is 1. The molecule has 8 heteroatoms. The number of nitrogens with zero attached hydrogens (tertiary/aromatic N) is 3. The van der Waals surface area contributed by atoms with E-state index in [2.05, 4.69) is 19.8 Å². The normalized spacial score (nSPS) is 11.4. The molecule has 0 saturated carbocycles. The Balaban J connectivity index is 2.56. The summed E-state index contributed by atoms with van der Waals surface area (Å²) >= 11 is 12.2. The van der Waals surface area contributed by atoms with Crippen molar-refractivity contribution in [1.82, 2.24) is 9.78 Å². The molecule has 0 bridgehead atoms. The van der Waals surface area contributed by atoms with Crippen molar-refractivity contribution in [3.8, 4) is 11.3 Å². The Bertz CT molecular complexity index is 724. The number of oxime groups is 1. The molecule has 0 saturated heterocycles. The van der Waals surface area contributed by atoms with Crippen molar-refractivity contribution < 1.29 is 14.4 Å². The molecule has 0 atom stereocenters. The van der Waals surface area contributed by atoms with Gasteiger partial charge in [0.05, 0.1) is 17.8 Å². The molecule has 1 heterocycles. The number of methoxy groups -OCH3 is 1. The second kappa shape index (κ2) is 6.81. The van der Waals surface area contributed by atoms with Crippen LogP contribution in [0.1, 0.15) is 5.69 Å². The summed E-state index contributed by atoms with van der Waals surface area (Å²) in [6.45, 7) is 1.71. The highest BCUT2D eigenvalue weighted by Crippen LogP contribution is 2.30. The number of hydrogen-bond donors (Lipinski definition) is 0. The van der Waals surface area contributed by atoms with Crippen LogP contribution < -0.4 is 0 Å². The van der Waals surface area contributed by atoms with Crippen LogP contribution in [0.15, 0.2) is 29.4 Å². The standard InChI is InChI=1S/C14H13Cl2N3O3/c1-8-11(16)12(9-4-6-10(15)7-5-9)17-19(8)13(18-22-3)14(20)21-2/h4-7H,1-3H3/b18-13+. The van der Waals surface area contributed by atoms with Gasteiger partial charge in [0.25, 0.3) is 5.84 Å².